The van der Waals surface area contributed by atoms with Crippen LogP contribution in [0.25, 0.3) is 11.4 Å². The molecule has 0 atom stereocenters. The van der Waals surface area contributed by atoms with Crippen LogP contribution in [0.4, 0.5) is 17.2 Å². The number of aliphatic imine (C=N–C) groups is 1. The highest BCUT2D eigenvalue weighted by Crippen LogP contribution is 2.37. The van der Waals surface area contributed by atoms with Crippen LogP contribution in [-0.4, -0.2) is 50.8 Å². The number of carbonyl (C=O) groups excluding carboxylic acids is 1. The van der Waals surface area contributed by atoms with Gasteiger partial charge in [0, 0.05) is 30.1 Å². The van der Waals surface area contributed by atoms with Gasteiger partial charge in [-0.1, -0.05) is 6.07 Å². The Morgan fingerprint density at radius 2 is 2.21 bits per heavy atom. The van der Waals surface area contributed by atoms with E-state index in [9.17, 15) is 10.1 Å². The third-order valence-electron chi connectivity index (χ3n) is 4.83. The van der Waals surface area contributed by atoms with Crippen LogP contribution in [0.5, 0.6) is 5.75 Å². The molecule has 0 aliphatic heterocycles. The fraction of sp³-hybridized carbons (Fsp3) is 0.286. The van der Waals surface area contributed by atoms with E-state index in [1.54, 1.807) is 42.4 Å². The Labute approximate surface area is 193 Å². The van der Waals surface area contributed by atoms with Gasteiger partial charge in [0.15, 0.2) is 35.1 Å². The van der Waals surface area contributed by atoms with E-state index in [1.165, 1.54) is 13.2 Å². The van der Waals surface area contributed by atoms with E-state index in [0.717, 1.165) is 12.8 Å². The number of hydrogen-bond donors (Lipinski definition) is 3. The Kier molecular flexibility index (Phi) is 5.10. The summed E-state index contributed by atoms with van der Waals surface area (Å²) in [5.41, 5.74) is 1.22. The lowest BCUT2D eigenvalue weighted by Gasteiger charge is -2.16. The molecule has 3 N–H and O–H groups in total. The Morgan fingerprint density at radius 1 is 1.36 bits per heavy atom. The van der Waals surface area contributed by atoms with Gasteiger partial charge in [-0.25, -0.2) is 4.98 Å². The van der Waals surface area contributed by atoms with Gasteiger partial charge in [-0.15, -0.1) is 10.2 Å². The zero-order valence-electron chi connectivity index (χ0n) is 20.8. The van der Waals surface area contributed by atoms with E-state index in [2.05, 4.69) is 41.2 Å². The van der Waals surface area contributed by atoms with Crippen LogP contribution in [0.1, 0.15) is 22.6 Å². The molecule has 168 valence electrons. The fourth-order valence-electron chi connectivity index (χ4n) is 3.13. The molecule has 1 fully saturated rings. The number of amidine groups is 1. The van der Waals surface area contributed by atoms with Gasteiger partial charge in [-0.2, -0.15) is 10.4 Å². The van der Waals surface area contributed by atoms with E-state index in [0.29, 0.717) is 22.8 Å². The molecule has 0 radical (unpaired) electrons. The maximum absolute atomic E-state index is 12.3. The first-order chi connectivity index (χ1) is 17.2. The number of ether oxygens (including phenoxy) is 1. The predicted molar refractivity (Wildman–Crippen MR) is 121 cm³/mol. The Hall–Kier alpha value is -4.53. The lowest BCUT2D eigenvalue weighted by Crippen LogP contribution is -2.23. The number of amides is 1. The maximum Gasteiger partial charge on any atom is 0.228 e. The average Bonchev–Trinajstić information content (AvgIpc) is 3.59. The fourth-order valence-corrected chi connectivity index (χ4v) is 3.13. The van der Waals surface area contributed by atoms with Gasteiger partial charge in [-0.05, 0) is 25.0 Å². The quantitative estimate of drug-likeness (QED) is 0.212. The number of nitrogens with one attached hydrogen (secondary N) is 3. The second kappa shape index (κ2) is 9.31. The van der Waals surface area contributed by atoms with Crippen LogP contribution in [0.2, 0.25) is 0 Å². The number of benzene rings is 1. The van der Waals surface area contributed by atoms with Crippen molar-refractivity contribution in [3.63, 3.8) is 0 Å². The van der Waals surface area contributed by atoms with Gasteiger partial charge >= 0.3 is 0 Å². The minimum atomic E-state index is -2.75. The smallest absolute Gasteiger partial charge is 0.228 e. The standard InChI is InChI=1S/C21H22N10O2/c1-23-20(24-10-22)17-15(9-16(28-29-17)27-21(32)12-7-8-12)26-14-6-4-5-13(18(14)33-3)19-25-11-31(2)30-19/h4-6,9,11-12H,7-8H2,1-3H3,(H,23,24)(H2,26,27,28,32)/i1D3. The molecular formula is C21H22N10O2. The first-order valence-electron chi connectivity index (χ1n) is 11.4. The minimum absolute atomic E-state index is 0.0551. The molecule has 3 aromatic rings. The highest BCUT2D eigenvalue weighted by atomic mass is 16.5. The number of anilines is 3. The van der Waals surface area contributed by atoms with Gasteiger partial charge in [0.2, 0.25) is 5.91 Å². The second-order valence-corrected chi connectivity index (χ2v) is 7.21. The number of para-hydroxylation sites is 1. The molecule has 1 saturated carbocycles. The zero-order chi connectivity index (χ0) is 25.9. The lowest BCUT2D eigenvalue weighted by atomic mass is 10.1. The van der Waals surface area contributed by atoms with Crippen molar-refractivity contribution in [2.75, 3.05) is 24.7 Å². The molecule has 0 saturated heterocycles. The highest BCUT2D eigenvalue weighted by molar-refractivity contribution is 6.04. The molecule has 4 rings (SSSR count). The molecule has 0 unspecified atom stereocenters. The summed E-state index contributed by atoms with van der Waals surface area (Å²) < 4.78 is 29.7. The summed E-state index contributed by atoms with van der Waals surface area (Å²) in [6, 6.07) is 6.73. The van der Waals surface area contributed by atoms with Crippen molar-refractivity contribution in [2.45, 2.75) is 12.8 Å². The van der Waals surface area contributed by atoms with Gasteiger partial charge in [-0.3, -0.25) is 19.8 Å². The predicted octanol–water partition coefficient (Wildman–Crippen LogP) is 1.82. The summed E-state index contributed by atoms with van der Waals surface area (Å²) in [7, 11) is 3.23. The first kappa shape index (κ1) is 18.1. The van der Waals surface area contributed by atoms with Crippen LogP contribution in [0.15, 0.2) is 35.6 Å². The summed E-state index contributed by atoms with van der Waals surface area (Å²) in [5.74, 6) is 0.393. The SMILES string of the molecule is [2H]C([2H])([2H])N=C(NC#N)c1nnc(NC(=O)C2CC2)cc1Nc1cccc(-c2ncn(C)n2)c1OC. The van der Waals surface area contributed by atoms with Crippen molar-refractivity contribution < 1.29 is 13.6 Å². The number of rotatable bonds is 7. The third-order valence-corrected chi connectivity index (χ3v) is 4.83. The van der Waals surface area contributed by atoms with Crippen molar-refractivity contribution >= 4 is 28.9 Å². The molecule has 33 heavy (non-hydrogen) atoms. The summed E-state index contributed by atoms with van der Waals surface area (Å²) in [6.07, 6.45) is 4.82. The van der Waals surface area contributed by atoms with Crippen molar-refractivity contribution in [1.29, 1.82) is 5.26 Å². The van der Waals surface area contributed by atoms with Gasteiger partial charge < -0.3 is 15.4 Å². The molecule has 2 aromatic heterocycles. The van der Waals surface area contributed by atoms with Crippen LogP contribution in [0.3, 0.4) is 0 Å². The molecule has 0 spiro atoms. The van der Waals surface area contributed by atoms with E-state index in [1.807, 2.05) is 0 Å². The van der Waals surface area contributed by atoms with E-state index in [4.69, 9.17) is 8.85 Å². The Bertz CT molecular complexity index is 1360. The molecule has 1 amide bonds. The summed E-state index contributed by atoms with van der Waals surface area (Å²) >= 11 is 0. The van der Waals surface area contributed by atoms with Crippen LogP contribution >= 0.6 is 0 Å². The molecule has 1 aliphatic rings. The van der Waals surface area contributed by atoms with Crippen molar-refractivity contribution in [2.24, 2.45) is 18.0 Å². The lowest BCUT2D eigenvalue weighted by molar-refractivity contribution is -0.117. The van der Waals surface area contributed by atoms with Crippen molar-refractivity contribution in [3.05, 3.63) is 36.3 Å². The maximum atomic E-state index is 12.3. The molecular weight excluding hydrogens is 424 g/mol. The molecule has 2 heterocycles. The number of carbonyl (C=O) groups is 1. The number of methoxy groups -OCH3 is 1. The van der Waals surface area contributed by atoms with Gasteiger partial charge in [0.25, 0.3) is 0 Å². The topological polar surface area (TPSA) is 155 Å². The number of hydrogen-bond acceptors (Lipinski definition) is 9. The molecule has 1 aromatic carbocycles. The van der Waals surface area contributed by atoms with Crippen molar-refractivity contribution in [3.8, 4) is 23.3 Å². The minimum Gasteiger partial charge on any atom is -0.494 e. The van der Waals surface area contributed by atoms with Crippen molar-refractivity contribution in [1.82, 2.24) is 30.3 Å². The molecule has 1 aliphatic carbocycles. The monoisotopic (exact) mass is 449 g/mol. The second-order valence-electron chi connectivity index (χ2n) is 7.21. The first-order valence-corrected chi connectivity index (χ1v) is 9.92. The molecule has 12 nitrogen and oxygen atoms in total. The number of aromatic nitrogens is 5. The largest absolute Gasteiger partial charge is 0.494 e. The summed E-state index contributed by atoms with van der Waals surface area (Å²) in [5, 5.41) is 29.6. The van der Waals surface area contributed by atoms with Gasteiger partial charge in [0.1, 0.15) is 6.33 Å². The highest BCUT2D eigenvalue weighted by Gasteiger charge is 2.30. The van der Waals surface area contributed by atoms with E-state index < -0.39 is 6.98 Å². The average molecular weight is 449 g/mol. The molecule has 12 heteroatoms. The number of nitrogens with zero attached hydrogens (tertiary/aromatic N) is 7. The van der Waals surface area contributed by atoms with E-state index in [-0.39, 0.29) is 34.9 Å². The third kappa shape index (κ3) is 4.72. The summed E-state index contributed by atoms with van der Waals surface area (Å²) in [6.45, 7) is -2.75. The summed E-state index contributed by atoms with van der Waals surface area (Å²) in [4.78, 5) is 20.1. The van der Waals surface area contributed by atoms with E-state index >= 15 is 0 Å². The van der Waals surface area contributed by atoms with Crippen LogP contribution < -0.4 is 20.7 Å². The number of nitriles is 1. The number of aryl methyl sites for hydroxylation is 1. The van der Waals surface area contributed by atoms with Crippen LogP contribution in [-0.2, 0) is 11.8 Å². The molecule has 0 bridgehead atoms. The zero-order valence-corrected chi connectivity index (χ0v) is 17.8. The van der Waals surface area contributed by atoms with Crippen LogP contribution in [0, 0.1) is 17.4 Å². The van der Waals surface area contributed by atoms with Gasteiger partial charge in [0.05, 0.1) is 24.0 Å². The Morgan fingerprint density at radius 3 is 2.88 bits per heavy atom. The Balaban J connectivity index is 1.80. The normalized spacial score (nSPS) is 14.9.